The van der Waals surface area contributed by atoms with Gasteiger partial charge < -0.3 is 9.64 Å². The van der Waals surface area contributed by atoms with Gasteiger partial charge in [-0.1, -0.05) is 6.08 Å². The SMILES string of the molecule is CCN1C=CC(C(=O)OC)=CC1. The highest BCUT2D eigenvalue weighted by atomic mass is 16.5. The fourth-order valence-electron chi connectivity index (χ4n) is 1.03. The van der Waals surface area contributed by atoms with Crippen LogP contribution in [0.15, 0.2) is 23.9 Å². The summed E-state index contributed by atoms with van der Waals surface area (Å²) in [7, 11) is 1.39. The van der Waals surface area contributed by atoms with E-state index in [0.29, 0.717) is 5.57 Å². The van der Waals surface area contributed by atoms with Gasteiger partial charge in [0.2, 0.25) is 0 Å². The summed E-state index contributed by atoms with van der Waals surface area (Å²) in [4.78, 5) is 13.1. The Hall–Kier alpha value is -1.25. The number of hydrogen-bond acceptors (Lipinski definition) is 3. The van der Waals surface area contributed by atoms with Crippen LogP contribution in [0.5, 0.6) is 0 Å². The Morgan fingerprint density at radius 1 is 1.75 bits per heavy atom. The van der Waals surface area contributed by atoms with E-state index >= 15 is 0 Å². The summed E-state index contributed by atoms with van der Waals surface area (Å²) >= 11 is 0. The van der Waals surface area contributed by atoms with Crippen molar-refractivity contribution in [2.75, 3.05) is 20.2 Å². The zero-order chi connectivity index (χ0) is 8.97. The molecule has 0 aliphatic carbocycles. The van der Waals surface area contributed by atoms with Gasteiger partial charge in [-0.15, -0.1) is 0 Å². The van der Waals surface area contributed by atoms with Crippen molar-refractivity contribution in [1.29, 1.82) is 0 Å². The van der Waals surface area contributed by atoms with Crippen LogP contribution in [-0.2, 0) is 9.53 Å². The molecule has 0 unspecified atom stereocenters. The van der Waals surface area contributed by atoms with Gasteiger partial charge in [-0.2, -0.15) is 0 Å². The van der Waals surface area contributed by atoms with Crippen molar-refractivity contribution in [3.05, 3.63) is 23.9 Å². The van der Waals surface area contributed by atoms with Crippen LogP contribution in [0.25, 0.3) is 0 Å². The molecule has 1 aliphatic rings. The van der Waals surface area contributed by atoms with Gasteiger partial charge in [-0.05, 0) is 13.0 Å². The molecule has 0 aromatic heterocycles. The summed E-state index contributed by atoms with van der Waals surface area (Å²) < 4.78 is 4.58. The molecule has 0 aromatic rings. The van der Waals surface area contributed by atoms with Gasteiger partial charge in [-0.25, -0.2) is 4.79 Å². The van der Waals surface area contributed by atoms with Crippen molar-refractivity contribution in [2.45, 2.75) is 6.92 Å². The number of esters is 1. The monoisotopic (exact) mass is 167 g/mol. The third kappa shape index (κ3) is 1.87. The lowest BCUT2D eigenvalue weighted by Gasteiger charge is -2.19. The molecule has 0 amide bonds. The van der Waals surface area contributed by atoms with Crippen LogP contribution in [0.3, 0.4) is 0 Å². The molecule has 0 saturated heterocycles. The Morgan fingerprint density at radius 3 is 2.92 bits per heavy atom. The van der Waals surface area contributed by atoms with Gasteiger partial charge >= 0.3 is 5.97 Å². The Bertz CT molecular complexity index is 231. The van der Waals surface area contributed by atoms with Gasteiger partial charge in [0.25, 0.3) is 0 Å². The largest absolute Gasteiger partial charge is 0.465 e. The van der Waals surface area contributed by atoms with Crippen LogP contribution in [0.4, 0.5) is 0 Å². The van der Waals surface area contributed by atoms with Crippen LogP contribution < -0.4 is 0 Å². The summed E-state index contributed by atoms with van der Waals surface area (Å²) in [5, 5.41) is 0. The second-order valence-electron chi connectivity index (χ2n) is 2.55. The number of nitrogens with zero attached hydrogens (tertiary/aromatic N) is 1. The number of methoxy groups -OCH3 is 1. The van der Waals surface area contributed by atoms with Gasteiger partial charge in [0, 0.05) is 19.3 Å². The number of hydrogen-bond donors (Lipinski definition) is 0. The van der Waals surface area contributed by atoms with E-state index in [-0.39, 0.29) is 5.97 Å². The first-order valence-electron chi connectivity index (χ1n) is 3.98. The van der Waals surface area contributed by atoms with E-state index < -0.39 is 0 Å². The maximum absolute atomic E-state index is 11.0. The van der Waals surface area contributed by atoms with Gasteiger partial charge in [0.1, 0.15) is 0 Å². The fourth-order valence-corrected chi connectivity index (χ4v) is 1.03. The molecular formula is C9H13NO2. The Labute approximate surface area is 72.3 Å². The average molecular weight is 167 g/mol. The lowest BCUT2D eigenvalue weighted by Crippen LogP contribution is -2.21. The summed E-state index contributed by atoms with van der Waals surface area (Å²) in [6.45, 7) is 3.82. The molecule has 0 atom stereocenters. The molecule has 66 valence electrons. The molecule has 0 N–H and O–H groups in total. The molecular weight excluding hydrogens is 154 g/mol. The predicted octanol–water partition coefficient (Wildman–Crippen LogP) is 0.935. The molecule has 0 bridgehead atoms. The van der Waals surface area contributed by atoms with Crippen molar-refractivity contribution >= 4 is 5.97 Å². The minimum absolute atomic E-state index is 0.262. The Balaban J connectivity index is 2.57. The highest BCUT2D eigenvalue weighted by molar-refractivity contribution is 5.91. The highest BCUT2D eigenvalue weighted by Gasteiger charge is 2.09. The molecule has 0 spiro atoms. The number of carbonyl (C=O) groups is 1. The first-order chi connectivity index (χ1) is 5.77. The Morgan fingerprint density at radius 2 is 2.50 bits per heavy atom. The molecule has 3 nitrogen and oxygen atoms in total. The fraction of sp³-hybridized carbons (Fsp3) is 0.444. The minimum atomic E-state index is -0.262. The highest BCUT2D eigenvalue weighted by Crippen LogP contribution is 2.07. The molecule has 1 rings (SSSR count). The molecule has 1 heterocycles. The minimum Gasteiger partial charge on any atom is -0.465 e. The van der Waals surface area contributed by atoms with Crippen molar-refractivity contribution in [1.82, 2.24) is 4.90 Å². The van der Waals surface area contributed by atoms with Gasteiger partial charge in [0.05, 0.1) is 12.7 Å². The zero-order valence-corrected chi connectivity index (χ0v) is 7.41. The molecule has 0 fully saturated rings. The molecule has 1 aliphatic heterocycles. The smallest absolute Gasteiger partial charge is 0.337 e. The van der Waals surface area contributed by atoms with Crippen molar-refractivity contribution in [3.63, 3.8) is 0 Å². The third-order valence-electron chi connectivity index (χ3n) is 1.84. The van der Waals surface area contributed by atoms with E-state index in [2.05, 4.69) is 16.6 Å². The first-order valence-corrected chi connectivity index (χ1v) is 3.98. The second kappa shape index (κ2) is 3.95. The molecule has 0 aromatic carbocycles. The van der Waals surface area contributed by atoms with E-state index in [1.165, 1.54) is 7.11 Å². The van der Waals surface area contributed by atoms with Gasteiger partial charge in [-0.3, -0.25) is 0 Å². The summed E-state index contributed by atoms with van der Waals surface area (Å²) in [5.41, 5.74) is 0.641. The number of likely N-dealkylation sites (N-methyl/N-ethyl adjacent to an activating group) is 1. The van der Waals surface area contributed by atoms with E-state index in [4.69, 9.17) is 0 Å². The Kier molecular flexibility index (Phi) is 2.91. The van der Waals surface area contributed by atoms with Crippen molar-refractivity contribution in [3.8, 4) is 0 Å². The zero-order valence-electron chi connectivity index (χ0n) is 7.41. The van der Waals surface area contributed by atoms with Crippen molar-refractivity contribution in [2.24, 2.45) is 0 Å². The lowest BCUT2D eigenvalue weighted by molar-refractivity contribution is -0.135. The van der Waals surface area contributed by atoms with Crippen LogP contribution in [0.2, 0.25) is 0 Å². The lowest BCUT2D eigenvalue weighted by atomic mass is 10.2. The maximum atomic E-state index is 11.0. The summed E-state index contributed by atoms with van der Waals surface area (Å²) in [6, 6.07) is 0. The van der Waals surface area contributed by atoms with Crippen LogP contribution in [0, 0.1) is 0 Å². The van der Waals surface area contributed by atoms with E-state index in [1.807, 2.05) is 12.3 Å². The normalized spacial score (nSPS) is 15.8. The standard InChI is InChI=1S/C9H13NO2/c1-3-10-6-4-8(5-7-10)9(11)12-2/h4-6H,3,7H2,1-2H3. The van der Waals surface area contributed by atoms with E-state index in [9.17, 15) is 4.79 Å². The number of rotatable bonds is 2. The quantitative estimate of drug-likeness (QED) is 0.573. The molecule has 3 heteroatoms. The van der Waals surface area contributed by atoms with Gasteiger partial charge in [0.15, 0.2) is 0 Å². The molecule has 12 heavy (non-hydrogen) atoms. The van der Waals surface area contributed by atoms with Crippen LogP contribution >= 0.6 is 0 Å². The summed E-state index contributed by atoms with van der Waals surface area (Å²) in [6.07, 6.45) is 5.56. The van der Waals surface area contributed by atoms with E-state index in [1.54, 1.807) is 6.08 Å². The van der Waals surface area contributed by atoms with Crippen molar-refractivity contribution < 1.29 is 9.53 Å². The van der Waals surface area contributed by atoms with Crippen LogP contribution in [0.1, 0.15) is 6.92 Å². The number of ether oxygens (including phenoxy) is 1. The predicted molar refractivity (Wildman–Crippen MR) is 46.5 cm³/mol. The third-order valence-corrected chi connectivity index (χ3v) is 1.84. The maximum Gasteiger partial charge on any atom is 0.337 e. The topological polar surface area (TPSA) is 29.5 Å². The second-order valence-corrected chi connectivity index (χ2v) is 2.55. The van der Waals surface area contributed by atoms with Crippen LogP contribution in [-0.4, -0.2) is 31.1 Å². The summed E-state index contributed by atoms with van der Waals surface area (Å²) in [5.74, 6) is -0.262. The first kappa shape index (κ1) is 8.84. The number of carbonyl (C=O) groups excluding carboxylic acids is 1. The average Bonchev–Trinajstić information content (AvgIpc) is 2.17. The molecule has 0 saturated carbocycles. The molecule has 0 radical (unpaired) electrons. The van der Waals surface area contributed by atoms with E-state index in [0.717, 1.165) is 13.1 Å².